The quantitative estimate of drug-likeness (QED) is 0.645. The van der Waals surface area contributed by atoms with Gasteiger partial charge in [-0.25, -0.2) is 4.99 Å². The number of anilines is 1. The fraction of sp³-hybridized carbons (Fsp3) is 0.533. The fourth-order valence-electron chi connectivity index (χ4n) is 2.35. The van der Waals surface area contributed by atoms with Crippen molar-refractivity contribution in [1.29, 1.82) is 0 Å². The van der Waals surface area contributed by atoms with Crippen LogP contribution in [0.2, 0.25) is 5.02 Å². The minimum absolute atomic E-state index is 0.374. The third-order valence-electron chi connectivity index (χ3n) is 3.39. The van der Waals surface area contributed by atoms with E-state index in [0.717, 1.165) is 18.0 Å². The van der Waals surface area contributed by atoms with Gasteiger partial charge in [-0.15, -0.1) is 0 Å². The Kier molecular flexibility index (Phi) is 4.76. The van der Waals surface area contributed by atoms with Crippen molar-refractivity contribution in [3.05, 3.63) is 23.2 Å². The van der Waals surface area contributed by atoms with Crippen LogP contribution in [0.25, 0.3) is 0 Å². The van der Waals surface area contributed by atoms with Gasteiger partial charge >= 0.3 is 0 Å². The average Bonchev–Trinajstić information content (AvgIpc) is 3.06. The van der Waals surface area contributed by atoms with E-state index >= 15 is 0 Å². The molecule has 0 heterocycles. The lowest BCUT2D eigenvalue weighted by atomic mass is 10.1. The highest BCUT2D eigenvalue weighted by molar-refractivity contribution is 6.32. The zero-order valence-electron chi connectivity index (χ0n) is 12.2. The first-order chi connectivity index (χ1) is 9.49. The van der Waals surface area contributed by atoms with E-state index in [9.17, 15) is 0 Å². The third kappa shape index (κ3) is 4.04. The smallest absolute Gasteiger partial charge is 0.193 e. The van der Waals surface area contributed by atoms with Crippen LogP contribution in [0.3, 0.4) is 0 Å². The number of nitrogens with two attached hydrogens (primary N) is 1. The highest BCUT2D eigenvalue weighted by Gasteiger charge is 2.37. The minimum Gasteiger partial charge on any atom is -0.495 e. The van der Waals surface area contributed by atoms with Gasteiger partial charge < -0.3 is 15.8 Å². The first-order valence-electron chi connectivity index (χ1n) is 6.93. The zero-order chi connectivity index (χ0) is 14.7. The summed E-state index contributed by atoms with van der Waals surface area (Å²) in [6.07, 6.45) is 2.36. The number of halogens is 1. The van der Waals surface area contributed by atoms with Crippen molar-refractivity contribution in [2.45, 2.75) is 32.7 Å². The number of ether oxygens (including phenoxy) is 1. The van der Waals surface area contributed by atoms with Crippen LogP contribution in [-0.4, -0.2) is 19.1 Å². The molecule has 0 aromatic heterocycles. The normalized spacial score (nSPS) is 21.9. The summed E-state index contributed by atoms with van der Waals surface area (Å²) in [5, 5.41) is 3.62. The van der Waals surface area contributed by atoms with Gasteiger partial charge in [0.2, 0.25) is 0 Å². The Morgan fingerprint density at radius 1 is 1.55 bits per heavy atom. The summed E-state index contributed by atoms with van der Waals surface area (Å²) in [5.74, 6) is 2.50. The molecule has 2 rings (SSSR count). The largest absolute Gasteiger partial charge is 0.495 e. The molecule has 1 aromatic rings. The first-order valence-corrected chi connectivity index (χ1v) is 7.31. The molecule has 0 unspecified atom stereocenters. The second-order valence-electron chi connectivity index (χ2n) is 5.68. The molecule has 1 saturated carbocycles. The predicted octanol–water partition coefficient (Wildman–Crippen LogP) is 3.51. The Labute approximate surface area is 125 Å². The number of aliphatic imine (C=N–C) groups is 1. The van der Waals surface area contributed by atoms with Gasteiger partial charge in [-0.1, -0.05) is 25.4 Å². The molecular weight excluding hydrogens is 274 g/mol. The molecular formula is C15H22ClN3O. The van der Waals surface area contributed by atoms with E-state index in [1.807, 2.05) is 6.07 Å². The monoisotopic (exact) mass is 295 g/mol. The van der Waals surface area contributed by atoms with Crippen molar-refractivity contribution in [3.63, 3.8) is 0 Å². The molecule has 0 spiro atoms. The van der Waals surface area contributed by atoms with E-state index in [2.05, 4.69) is 24.2 Å². The second-order valence-corrected chi connectivity index (χ2v) is 6.09. The molecule has 0 radical (unpaired) electrons. The molecule has 1 aliphatic rings. The molecule has 0 amide bonds. The Balaban J connectivity index is 1.92. The number of nitrogens with one attached hydrogen (secondary N) is 1. The SMILES string of the molecule is COc1ccc(NC(N)=N[C@@H]2C[C@H]2CC(C)C)cc1Cl. The van der Waals surface area contributed by atoms with Gasteiger partial charge in [0, 0.05) is 5.69 Å². The van der Waals surface area contributed by atoms with Crippen molar-refractivity contribution in [3.8, 4) is 5.75 Å². The summed E-state index contributed by atoms with van der Waals surface area (Å²) in [6.45, 7) is 4.47. The van der Waals surface area contributed by atoms with Crippen LogP contribution in [0.15, 0.2) is 23.2 Å². The topological polar surface area (TPSA) is 59.6 Å². The van der Waals surface area contributed by atoms with Crippen LogP contribution in [0.1, 0.15) is 26.7 Å². The van der Waals surface area contributed by atoms with E-state index in [4.69, 9.17) is 22.1 Å². The Morgan fingerprint density at radius 3 is 2.90 bits per heavy atom. The van der Waals surface area contributed by atoms with Gasteiger partial charge in [-0.3, -0.25) is 0 Å². The average molecular weight is 296 g/mol. The van der Waals surface area contributed by atoms with Crippen LogP contribution in [0.5, 0.6) is 5.75 Å². The van der Waals surface area contributed by atoms with Gasteiger partial charge in [-0.05, 0) is 42.9 Å². The number of hydrogen-bond donors (Lipinski definition) is 2. The van der Waals surface area contributed by atoms with Crippen LogP contribution in [0.4, 0.5) is 5.69 Å². The molecule has 2 atom stereocenters. The molecule has 1 aliphatic carbocycles. The predicted molar refractivity (Wildman–Crippen MR) is 84.6 cm³/mol. The first kappa shape index (κ1) is 15.0. The molecule has 5 heteroatoms. The number of hydrogen-bond acceptors (Lipinski definition) is 2. The highest BCUT2D eigenvalue weighted by Crippen LogP contribution is 2.39. The summed E-state index contributed by atoms with van der Waals surface area (Å²) < 4.78 is 5.11. The number of methoxy groups -OCH3 is 1. The molecule has 20 heavy (non-hydrogen) atoms. The maximum atomic E-state index is 6.07. The Bertz CT molecular complexity index is 502. The van der Waals surface area contributed by atoms with Crippen LogP contribution >= 0.6 is 11.6 Å². The van der Waals surface area contributed by atoms with Crippen LogP contribution < -0.4 is 15.8 Å². The highest BCUT2D eigenvalue weighted by atomic mass is 35.5. The van der Waals surface area contributed by atoms with Crippen molar-refractivity contribution < 1.29 is 4.74 Å². The zero-order valence-corrected chi connectivity index (χ0v) is 12.9. The summed E-state index contributed by atoms with van der Waals surface area (Å²) in [5.41, 5.74) is 6.74. The van der Waals surface area contributed by atoms with Crippen molar-refractivity contribution >= 4 is 23.2 Å². The number of benzene rings is 1. The number of nitrogens with zero attached hydrogens (tertiary/aromatic N) is 1. The Hall–Kier alpha value is -1.42. The van der Waals surface area contributed by atoms with Gasteiger partial charge in [0.25, 0.3) is 0 Å². The molecule has 4 nitrogen and oxygen atoms in total. The van der Waals surface area contributed by atoms with Crippen molar-refractivity contribution in [2.24, 2.45) is 22.6 Å². The molecule has 110 valence electrons. The van der Waals surface area contributed by atoms with E-state index in [0.29, 0.717) is 28.7 Å². The molecule has 1 fully saturated rings. The van der Waals surface area contributed by atoms with Crippen molar-refractivity contribution in [2.75, 3.05) is 12.4 Å². The number of guanidine groups is 1. The van der Waals surface area contributed by atoms with Gasteiger partial charge in [0.05, 0.1) is 18.2 Å². The lowest BCUT2D eigenvalue weighted by Crippen LogP contribution is -2.23. The molecule has 0 aliphatic heterocycles. The fourth-order valence-corrected chi connectivity index (χ4v) is 2.61. The lowest BCUT2D eigenvalue weighted by molar-refractivity contribution is 0.415. The van der Waals surface area contributed by atoms with Crippen molar-refractivity contribution in [1.82, 2.24) is 0 Å². The standard InChI is InChI=1S/C15H22ClN3O/c1-9(2)6-10-7-13(10)19-15(17)18-11-4-5-14(20-3)12(16)8-11/h4-5,8-10,13H,6-7H2,1-3H3,(H3,17,18,19)/t10-,13-/m1/s1. The van der Waals surface area contributed by atoms with E-state index in [1.54, 1.807) is 19.2 Å². The lowest BCUT2D eigenvalue weighted by Gasteiger charge is -2.08. The van der Waals surface area contributed by atoms with E-state index in [1.165, 1.54) is 6.42 Å². The van der Waals surface area contributed by atoms with Gasteiger partial charge in [-0.2, -0.15) is 0 Å². The molecule has 0 bridgehead atoms. The number of rotatable bonds is 5. The van der Waals surface area contributed by atoms with Gasteiger partial charge in [0.1, 0.15) is 5.75 Å². The maximum absolute atomic E-state index is 6.07. The summed E-state index contributed by atoms with van der Waals surface area (Å²) >= 11 is 6.07. The molecule has 0 saturated heterocycles. The van der Waals surface area contributed by atoms with E-state index < -0.39 is 0 Å². The molecule has 3 N–H and O–H groups in total. The summed E-state index contributed by atoms with van der Waals surface area (Å²) in [4.78, 5) is 4.50. The second kappa shape index (κ2) is 6.35. The van der Waals surface area contributed by atoms with Crippen LogP contribution in [-0.2, 0) is 0 Å². The van der Waals surface area contributed by atoms with Crippen LogP contribution in [0, 0.1) is 11.8 Å². The summed E-state index contributed by atoms with van der Waals surface area (Å²) in [6, 6.07) is 5.82. The third-order valence-corrected chi connectivity index (χ3v) is 3.68. The molecule has 1 aromatic carbocycles. The maximum Gasteiger partial charge on any atom is 0.193 e. The summed E-state index contributed by atoms with van der Waals surface area (Å²) in [7, 11) is 1.59. The minimum atomic E-state index is 0.374. The Morgan fingerprint density at radius 2 is 2.30 bits per heavy atom. The van der Waals surface area contributed by atoms with E-state index in [-0.39, 0.29) is 0 Å². The van der Waals surface area contributed by atoms with Gasteiger partial charge in [0.15, 0.2) is 5.96 Å².